The van der Waals surface area contributed by atoms with Crippen LogP contribution in [0.15, 0.2) is 36.5 Å². The van der Waals surface area contributed by atoms with E-state index in [-0.39, 0.29) is 12.5 Å². The Bertz CT molecular complexity index is 659. The van der Waals surface area contributed by atoms with Crippen LogP contribution in [-0.2, 0) is 5.75 Å². The molecule has 0 unspecified atom stereocenters. The highest BCUT2D eigenvalue weighted by atomic mass is 32.2. The van der Waals surface area contributed by atoms with E-state index in [4.69, 9.17) is 5.11 Å². The van der Waals surface area contributed by atoms with Gasteiger partial charge in [0.1, 0.15) is 5.82 Å². The summed E-state index contributed by atoms with van der Waals surface area (Å²) in [4.78, 5) is 16.5. The van der Waals surface area contributed by atoms with Crippen LogP contribution in [0.1, 0.15) is 27.0 Å². The van der Waals surface area contributed by atoms with Crippen molar-refractivity contribution in [2.24, 2.45) is 0 Å². The number of nitrogens with zero attached hydrogens (tertiary/aromatic N) is 1. The number of amides is 1. The predicted octanol–water partition coefficient (Wildman–Crippen LogP) is 3.18. The normalized spacial score (nSPS) is 10.5. The third kappa shape index (κ3) is 4.58. The lowest BCUT2D eigenvalue weighted by molar-refractivity contribution is 0.102. The van der Waals surface area contributed by atoms with E-state index in [2.05, 4.69) is 10.3 Å². The molecule has 1 amide bonds. The number of aryl methyl sites for hydroxylation is 2. The van der Waals surface area contributed by atoms with Crippen LogP contribution in [-0.4, -0.2) is 28.4 Å². The van der Waals surface area contributed by atoms with E-state index in [1.807, 2.05) is 44.2 Å². The third-order valence-electron chi connectivity index (χ3n) is 3.20. The van der Waals surface area contributed by atoms with Crippen LogP contribution in [0.5, 0.6) is 0 Å². The van der Waals surface area contributed by atoms with Crippen LogP contribution in [0.4, 0.5) is 5.82 Å². The fraction of sp³-hybridized carbons (Fsp3) is 0.294. The smallest absolute Gasteiger partial charge is 0.257 e. The summed E-state index contributed by atoms with van der Waals surface area (Å²) in [5, 5.41) is 11.6. The number of rotatable bonds is 6. The summed E-state index contributed by atoms with van der Waals surface area (Å²) < 4.78 is 0. The summed E-state index contributed by atoms with van der Waals surface area (Å²) in [6.45, 7) is 4.10. The molecule has 0 aliphatic carbocycles. The first-order chi connectivity index (χ1) is 10.6. The number of carbonyl (C=O) groups excluding carboxylic acids is 1. The van der Waals surface area contributed by atoms with Crippen molar-refractivity contribution >= 4 is 23.5 Å². The maximum Gasteiger partial charge on any atom is 0.257 e. The monoisotopic (exact) mass is 316 g/mol. The van der Waals surface area contributed by atoms with Gasteiger partial charge < -0.3 is 10.4 Å². The molecule has 1 aromatic carbocycles. The maximum absolute atomic E-state index is 12.3. The van der Waals surface area contributed by atoms with Gasteiger partial charge in [-0.3, -0.25) is 4.79 Å². The number of nitrogens with one attached hydrogen (secondary N) is 1. The first-order valence-electron chi connectivity index (χ1n) is 7.12. The summed E-state index contributed by atoms with van der Waals surface area (Å²) in [5.41, 5.74) is 3.82. The van der Waals surface area contributed by atoms with E-state index in [0.717, 1.165) is 22.4 Å². The average molecular weight is 316 g/mol. The lowest BCUT2D eigenvalue weighted by Crippen LogP contribution is -2.14. The molecule has 2 rings (SSSR count). The summed E-state index contributed by atoms with van der Waals surface area (Å²) >= 11 is 1.64. The van der Waals surface area contributed by atoms with Crippen LogP contribution in [0.2, 0.25) is 0 Å². The Balaban J connectivity index is 2.06. The second kappa shape index (κ2) is 7.96. The first kappa shape index (κ1) is 16.5. The van der Waals surface area contributed by atoms with Crippen LogP contribution >= 0.6 is 11.8 Å². The average Bonchev–Trinajstić information content (AvgIpc) is 2.47. The highest BCUT2D eigenvalue weighted by molar-refractivity contribution is 7.98. The van der Waals surface area contributed by atoms with Crippen molar-refractivity contribution in [1.82, 2.24) is 4.98 Å². The molecular weight excluding hydrogens is 296 g/mol. The number of carbonyl (C=O) groups is 1. The molecule has 116 valence electrons. The van der Waals surface area contributed by atoms with E-state index in [1.165, 1.54) is 0 Å². The van der Waals surface area contributed by atoms with Gasteiger partial charge in [0.15, 0.2) is 0 Å². The topological polar surface area (TPSA) is 62.2 Å². The Morgan fingerprint density at radius 1 is 1.27 bits per heavy atom. The minimum absolute atomic E-state index is 0.148. The summed E-state index contributed by atoms with van der Waals surface area (Å²) in [6.07, 6.45) is 1.69. The molecule has 0 aliphatic heterocycles. The Morgan fingerprint density at radius 3 is 2.82 bits per heavy atom. The van der Waals surface area contributed by atoms with Gasteiger partial charge in [-0.05, 0) is 43.2 Å². The van der Waals surface area contributed by atoms with Crippen molar-refractivity contribution in [3.63, 3.8) is 0 Å². The van der Waals surface area contributed by atoms with Gasteiger partial charge in [-0.2, -0.15) is 11.8 Å². The highest BCUT2D eigenvalue weighted by Crippen LogP contribution is 2.16. The van der Waals surface area contributed by atoms with Gasteiger partial charge in [0.2, 0.25) is 0 Å². The Hall–Kier alpha value is -1.85. The Labute approximate surface area is 135 Å². The fourth-order valence-corrected chi connectivity index (χ4v) is 2.83. The second-order valence-electron chi connectivity index (χ2n) is 5.10. The predicted molar refractivity (Wildman–Crippen MR) is 91.4 cm³/mol. The minimum Gasteiger partial charge on any atom is -0.396 e. The molecule has 2 N–H and O–H groups in total. The van der Waals surface area contributed by atoms with Crippen LogP contribution in [0.3, 0.4) is 0 Å². The number of benzene rings is 1. The molecule has 4 nitrogen and oxygen atoms in total. The van der Waals surface area contributed by atoms with E-state index in [0.29, 0.717) is 17.1 Å². The first-order valence-corrected chi connectivity index (χ1v) is 8.28. The number of anilines is 1. The van der Waals surface area contributed by atoms with Crippen molar-refractivity contribution < 1.29 is 9.90 Å². The number of aromatic nitrogens is 1. The maximum atomic E-state index is 12.3. The molecule has 0 aliphatic rings. The summed E-state index contributed by atoms with van der Waals surface area (Å²) in [5.74, 6) is 1.89. The van der Waals surface area contributed by atoms with Gasteiger partial charge in [-0.15, -0.1) is 0 Å². The lowest BCUT2D eigenvalue weighted by Gasteiger charge is -2.09. The molecule has 0 saturated heterocycles. The summed E-state index contributed by atoms with van der Waals surface area (Å²) in [7, 11) is 0. The lowest BCUT2D eigenvalue weighted by atomic mass is 10.1. The molecule has 0 fully saturated rings. The zero-order valence-corrected chi connectivity index (χ0v) is 13.6. The molecule has 2 aromatic rings. The molecule has 22 heavy (non-hydrogen) atoms. The molecule has 1 heterocycles. The SMILES string of the molecule is Cc1ccc(C(=O)Nc2cc(CSCCO)ccn2)c(C)c1. The number of hydrogen-bond acceptors (Lipinski definition) is 4. The van der Waals surface area contributed by atoms with E-state index >= 15 is 0 Å². The van der Waals surface area contributed by atoms with Crippen molar-refractivity contribution in [1.29, 1.82) is 0 Å². The number of hydrogen-bond donors (Lipinski definition) is 2. The molecule has 5 heteroatoms. The number of pyridine rings is 1. The molecule has 0 spiro atoms. The third-order valence-corrected chi connectivity index (χ3v) is 4.21. The van der Waals surface area contributed by atoms with Crippen molar-refractivity contribution in [3.05, 3.63) is 58.8 Å². The largest absolute Gasteiger partial charge is 0.396 e. The minimum atomic E-state index is -0.148. The highest BCUT2D eigenvalue weighted by Gasteiger charge is 2.10. The second-order valence-corrected chi connectivity index (χ2v) is 6.20. The number of aliphatic hydroxyl groups excluding tert-OH is 1. The fourth-order valence-electron chi connectivity index (χ4n) is 2.14. The van der Waals surface area contributed by atoms with Crippen LogP contribution in [0, 0.1) is 13.8 Å². The quantitative estimate of drug-likeness (QED) is 0.804. The molecule has 0 bridgehead atoms. The van der Waals surface area contributed by atoms with E-state index in [9.17, 15) is 4.79 Å². The summed E-state index contributed by atoms with van der Waals surface area (Å²) in [6, 6.07) is 9.53. The van der Waals surface area contributed by atoms with Gasteiger partial charge in [0.25, 0.3) is 5.91 Å². The number of thioether (sulfide) groups is 1. The van der Waals surface area contributed by atoms with E-state index < -0.39 is 0 Å². The zero-order valence-electron chi connectivity index (χ0n) is 12.8. The molecule has 0 radical (unpaired) electrons. The number of aliphatic hydroxyl groups is 1. The molecule has 1 aromatic heterocycles. The molecule has 0 saturated carbocycles. The van der Waals surface area contributed by atoms with Gasteiger partial charge >= 0.3 is 0 Å². The molecule has 0 atom stereocenters. The standard InChI is InChI=1S/C17H20N2O2S/c1-12-3-4-15(13(2)9-12)17(21)19-16-10-14(5-6-18-16)11-22-8-7-20/h3-6,9-10,20H,7-8,11H2,1-2H3,(H,18,19,21). The Morgan fingerprint density at radius 2 is 2.09 bits per heavy atom. The van der Waals surface area contributed by atoms with Crippen molar-refractivity contribution in [2.45, 2.75) is 19.6 Å². The van der Waals surface area contributed by atoms with Gasteiger partial charge in [-0.25, -0.2) is 4.98 Å². The molecular formula is C17H20N2O2S. The van der Waals surface area contributed by atoms with Crippen LogP contribution in [0.25, 0.3) is 0 Å². The van der Waals surface area contributed by atoms with Crippen LogP contribution < -0.4 is 5.32 Å². The van der Waals surface area contributed by atoms with Gasteiger partial charge in [0.05, 0.1) is 6.61 Å². The van der Waals surface area contributed by atoms with Gasteiger partial charge in [0, 0.05) is 23.3 Å². The van der Waals surface area contributed by atoms with Gasteiger partial charge in [-0.1, -0.05) is 17.7 Å². The van der Waals surface area contributed by atoms with Crippen molar-refractivity contribution in [2.75, 3.05) is 17.7 Å². The van der Waals surface area contributed by atoms with Crippen molar-refractivity contribution in [3.8, 4) is 0 Å². The zero-order chi connectivity index (χ0) is 15.9. The van der Waals surface area contributed by atoms with E-state index in [1.54, 1.807) is 18.0 Å². The Kier molecular flexibility index (Phi) is 5.98.